The third-order valence-corrected chi connectivity index (χ3v) is 4.32. The smallest absolute Gasteiger partial charge is 0.550 e. The molecule has 0 aromatic carbocycles. The van der Waals surface area contributed by atoms with Gasteiger partial charge in [-0.05, 0) is 19.3 Å². The third kappa shape index (κ3) is 14.8. The molecule has 0 spiro atoms. The Labute approximate surface area is 188 Å². The van der Waals surface area contributed by atoms with Crippen LogP contribution in [0.4, 0.5) is 0 Å². The Morgan fingerprint density at radius 1 is 0.875 bits per heavy atom. The minimum Gasteiger partial charge on any atom is -0.550 e. The molecule has 1 unspecified atom stereocenters. The van der Waals surface area contributed by atoms with Crippen LogP contribution in [0.2, 0.25) is 0 Å². The Kier molecular flexibility index (Phi) is 18.9. The number of unbranched alkanes of at least 4 members (excludes halogenated alkanes) is 5. The fraction of sp³-hybridized carbons (Fsp3) is 0.882. The van der Waals surface area contributed by atoms with Crippen molar-refractivity contribution in [2.24, 2.45) is 0 Å². The number of hydrogen-bond acceptors (Lipinski definition) is 4. The van der Waals surface area contributed by atoms with Crippen molar-refractivity contribution in [2.75, 3.05) is 26.4 Å². The Bertz CT molecular complexity index is 319. The normalized spacial score (nSPS) is 13.1. The number of carboxylic acids is 2. The number of aliphatic hydroxyl groups excluding tert-OH is 1. The number of carbonyl (C=O) groups excluding carboxylic acids is 1. The monoisotopic (exact) mass is 370 g/mol. The van der Waals surface area contributed by atoms with Crippen LogP contribution in [0.3, 0.4) is 0 Å². The van der Waals surface area contributed by atoms with Crippen LogP contribution in [0.1, 0.15) is 71.1 Å². The molecule has 2 N–H and O–H groups in total. The topological polar surface area (TPSA) is 97.7 Å². The van der Waals surface area contributed by atoms with E-state index in [0.29, 0.717) is 30.4 Å². The fourth-order valence-corrected chi connectivity index (χ4v) is 2.90. The van der Waals surface area contributed by atoms with Crippen LogP contribution >= 0.6 is 0 Å². The van der Waals surface area contributed by atoms with Gasteiger partial charge in [0.05, 0.1) is 26.1 Å². The molecule has 0 saturated carbocycles. The zero-order valence-electron chi connectivity index (χ0n) is 15.5. The van der Waals surface area contributed by atoms with E-state index in [1.807, 2.05) is 0 Å². The summed E-state index contributed by atoms with van der Waals surface area (Å²) >= 11 is 0. The molecular weight excluding hydrogens is 337 g/mol. The molecule has 0 heterocycles. The molecule has 0 bridgehead atoms. The van der Waals surface area contributed by atoms with Crippen molar-refractivity contribution >= 4 is 11.9 Å². The first-order valence-electron chi connectivity index (χ1n) is 8.83. The SMILES string of the molecule is CCCCCCCC[N+](CO)(CCCC(=O)[O-])CCCC(=O)O.[K+]. The van der Waals surface area contributed by atoms with Gasteiger partial charge in [-0.2, -0.15) is 0 Å². The summed E-state index contributed by atoms with van der Waals surface area (Å²) in [5.41, 5.74) is 0. The summed E-state index contributed by atoms with van der Waals surface area (Å²) < 4.78 is 0.397. The van der Waals surface area contributed by atoms with E-state index in [4.69, 9.17) is 5.11 Å². The maximum Gasteiger partial charge on any atom is 1.00 e. The Morgan fingerprint density at radius 2 is 1.38 bits per heavy atom. The molecule has 0 radical (unpaired) electrons. The maximum atomic E-state index is 10.7. The molecule has 1 atom stereocenters. The molecule has 0 aliphatic rings. The van der Waals surface area contributed by atoms with E-state index in [9.17, 15) is 19.8 Å². The average molecular weight is 371 g/mol. The molecule has 0 amide bonds. The van der Waals surface area contributed by atoms with Crippen LogP contribution in [-0.4, -0.2) is 53.0 Å². The second-order valence-electron chi connectivity index (χ2n) is 6.39. The second-order valence-corrected chi connectivity index (χ2v) is 6.39. The molecule has 0 aromatic heterocycles. The van der Waals surface area contributed by atoms with Crippen molar-refractivity contribution in [3.05, 3.63) is 0 Å². The number of hydrogen-bond donors (Lipinski definition) is 2. The largest absolute Gasteiger partial charge is 1.00 e. The standard InChI is InChI=1S/C17H33NO5.K/c1-2-3-4-5-6-7-12-18(15-19,13-8-10-16(20)21)14-9-11-17(22)23;/h19H,2-15H2,1H3,(H-,20,21,22,23);/q;+1. The number of rotatable bonds is 16. The van der Waals surface area contributed by atoms with Gasteiger partial charge in [0.15, 0.2) is 6.73 Å². The van der Waals surface area contributed by atoms with Crippen LogP contribution in [0.25, 0.3) is 0 Å². The molecule has 0 rings (SSSR count). The van der Waals surface area contributed by atoms with Crippen molar-refractivity contribution in [1.82, 2.24) is 0 Å². The van der Waals surface area contributed by atoms with Crippen molar-refractivity contribution in [2.45, 2.75) is 71.1 Å². The summed E-state index contributed by atoms with van der Waals surface area (Å²) in [7, 11) is 0. The van der Waals surface area contributed by atoms with Gasteiger partial charge in [0.2, 0.25) is 0 Å². The number of quaternary nitrogens is 1. The van der Waals surface area contributed by atoms with Gasteiger partial charge in [0.1, 0.15) is 0 Å². The summed E-state index contributed by atoms with van der Waals surface area (Å²) in [4.78, 5) is 21.3. The molecule has 136 valence electrons. The quantitative estimate of drug-likeness (QED) is 0.149. The van der Waals surface area contributed by atoms with E-state index >= 15 is 0 Å². The molecule has 7 heteroatoms. The van der Waals surface area contributed by atoms with Crippen molar-refractivity contribution in [3.8, 4) is 0 Å². The fourth-order valence-electron chi connectivity index (χ4n) is 2.90. The van der Waals surface area contributed by atoms with Gasteiger partial charge >= 0.3 is 57.4 Å². The summed E-state index contributed by atoms with van der Waals surface area (Å²) in [5.74, 6) is -1.92. The van der Waals surface area contributed by atoms with Crippen LogP contribution in [-0.2, 0) is 9.59 Å². The molecule has 0 aliphatic heterocycles. The molecule has 24 heavy (non-hydrogen) atoms. The number of carbonyl (C=O) groups is 2. The number of nitrogens with zero attached hydrogens (tertiary/aromatic N) is 1. The van der Waals surface area contributed by atoms with Crippen molar-refractivity contribution < 1.29 is 80.8 Å². The van der Waals surface area contributed by atoms with Gasteiger partial charge in [0, 0.05) is 18.8 Å². The predicted molar refractivity (Wildman–Crippen MR) is 86.4 cm³/mol. The second kappa shape index (κ2) is 16.9. The van der Waals surface area contributed by atoms with Crippen LogP contribution in [0.15, 0.2) is 0 Å². The van der Waals surface area contributed by atoms with Gasteiger partial charge in [0.25, 0.3) is 0 Å². The molecule has 0 aromatic rings. The Hall–Kier alpha value is 0.496. The Balaban J connectivity index is 0. The predicted octanol–water partition coefficient (Wildman–Crippen LogP) is -1.49. The minimum absolute atomic E-state index is 0. The first-order chi connectivity index (χ1) is 11.0. The Morgan fingerprint density at radius 3 is 1.88 bits per heavy atom. The van der Waals surface area contributed by atoms with E-state index < -0.39 is 11.9 Å². The van der Waals surface area contributed by atoms with Gasteiger partial charge in [-0.1, -0.05) is 32.6 Å². The molecule has 0 fully saturated rings. The van der Waals surface area contributed by atoms with E-state index in [0.717, 1.165) is 19.4 Å². The van der Waals surface area contributed by atoms with E-state index in [1.165, 1.54) is 25.7 Å². The van der Waals surface area contributed by atoms with E-state index in [2.05, 4.69) is 6.92 Å². The summed E-state index contributed by atoms with van der Waals surface area (Å²) in [6, 6.07) is 0. The molecular formula is C17H33KNO5+. The summed E-state index contributed by atoms with van der Waals surface area (Å²) in [6.07, 6.45) is 7.92. The van der Waals surface area contributed by atoms with E-state index in [-0.39, 0.29) is 71.0 Å². The van der Waals surface area contributed by atoms with Gasteiger partial charge < -0.3 is 24.6 Å². The summed E-state index contributed by atoms with van der Waals surface area (Å²) in [6.45, 7) is 4.01. The van der Waals surface area contributed by atoms with Gasteiger partial charge in [-0.3, -0.25) is 4.79 Å². The van der Waals surface area contributed by atoms with E-state index in [1.54, 1.807) is 0 Å². The first-order valence-corrected chi connectivity index (χ1v) is 8.83. The maximum absolute atomic E-state index is 10.7. The summed E-state index contributed by atoms with van der Waals surface area (Å²) in [5, 5.41) is 29.2. The zero-order chi connectivity index (χ0) is 17.6. The van der Waals surface area contributed by atoms with Crippen molar-refractivity contribution in [3.63, 3.8) is 0 Å². The zero-order valence-corrected chi connectivity index (χ0v) is 18.6. The number of carboxylic acid groups (broad SMARTS) is 2. The molecule has 6 nitrogen and oxygen atoms in total. The number of aliphatic hydroxyl groups is 1. The van der Waals surface area contributed by atoms with Crippen molar-refractivity contribution in [1.29, 1.82) is 0 Å². The minimum atomic E-state index is -1.08. The van der Waals surface area contributed by atoms with Crippen LogP contribution < -0.4 is 56.5 Å². The first kappa shape index (κ1) is 26.7. The number of aliphatic carboxylic acids is 2. The average Bonchev–Trinajstić information content (AvgIpc) is 2.49. The van der Waals surface area contributed by atoms with Crippen LogP contribution in [0.5, 0.6) is 0 Å². The molecule has 0 aliphatic carbocycles. The third-order valence-electron chi connectivity index (χ3n) is 4.32. The van der Waals surface area contributed by atoms with Gasteiger partial charge in [-0.25, -0.2) is 0 Å². The van der Waals surface area contributed by atoms with Crippen LogP contribution in [0, 0.1) is 0 Å². The van der Waals surface area contributed by atoms with Gasteiger partial charge in [-0.15, -0.1) is 0 Å². The molecule has 0 saturated heterocycles.